The monoisotopic (exact) mass is 377 g/mol. The average molecular weight is 377 g/mol. The summed E-state index contributed by atoms with van der Waals surface area (Å²) in [6.07, 6.45) is 0. The van der Waals surface area contributed by atoms with Gasteiger partial charge < -0.3 is 25.8 Å². The molecule has 0 bridgehead atoms. The van der Waals surface area contributed by atoms with E-state index in [1.54, 1.807) is 38.5 Å². The summed E-state index contributed by atoms with van der Waals surface area (Å²) < 4.78 is 10.6. The van der Waals surface area contributed by atoms with Gasteiger partial charge in [-0.05, 0) is 29.8 Å². The molecule has 0 saturated heterocycles. The van der Waals surface area contributed by atoms with Crippen LogP contribution in [0.25, 0.3) is 0 Å². The van der Waals surface area contributed by atoms with Crippen LogP contribution in [-0.2, 0) is 6.54 Å². The Balaban J connectivity index is 1.63. The maximum Gasteiger partial charge on any atom is 0.255 e. The lowest BCUT2D eigenvalue weighted by Gasteiger charge is -2.11. The van der Waals surface area contributed by atoms with Crippen molar-refractivity contribution >= 4 is 23.0 Å². The number of methoxy groups -OCH3 is 2. The predicted molar refractivity (Wildman–Crippen MR) is 112 cm³/mol. The molecule has 0 radical (unpaired) electrons. The average Bonchev–Trinajstić information content (AvgIpc) is 2.74. The highest BCUT2D eigenvalue weighted by Crippen LogP contribution is 2.26. The molecule has 0 unspecified atom stereocenters. The molecule has 0 atom stereocenters. The lowest BCUT2D eigenvalue weighted by molar-refractivity contribution is 0.102. The molecule has 28 heavy (non-hydrogen) atoms. The number of rotatable bonds is 7. The summed E-state index contributed by atoms with van der Waals surface area (Å²) in [7, 11) is 3.23. The fraction of sp³-hybridized carbons (Fsp3) is 0.136. The Kier molecular flexibility index (Phi) is 6.01. The van der Waals surface area contributed by atoms with Gasteiger partial charge in [-0.25, -0.2) is 0 Å². The van der Waals surface area contributed by atoms with E-state index in [1.807, 2.05) is 42.5 Å². The second kappa shape index (κ2) is 8.81. The van der Waals surface area contributed by atoms with E-state index in [1.165, 1.54) is 0 Å². The lowest BCUT2D eigenvalue weighted by Crippen LogP contribution is -2.13. The third-order valence-electron chi connectivity index (χ3n) is 4.27. The number of carbonyl (C=O) groups excluding carboxylic acids is 1. The van der Waals surface area contributed by atoms with E-state index in [2.05, 4.69) is 10.6 Å². The number of hydrogen-bond acceptors (Lipinski definition) is 5. The smallest absolute Gasteiger partial charge is 0.255 e. The van der Waals surface area contributed by atoms with Gasteiger partial charge in [0.05, 0.1) is 25.6 Å². The van der Waals surface area contributed by atoms with Crippen molar-refractivity contribution in [2.24, 2.45) is 0 Å². The van der Waals surface area contributed by atoms with Gasteiger partial charge in [0.15, 0.2) is 0 Å². The first-order valence-electron chi connectivity index (χ1n) is 8.81. The maximum atomic E-state index is 12.4. The van der Waals surface area contributed by atoms with Gasteiger partial charge in [0, 0.05) is 36.0 Å². The first kappa shape index (κ1) is 19.1. The molecule has 3 aromatic carbocycles. The Bertz CT molecular complexity index is 933. The van der Waals surface area contributed by atoms with Crippen molar-refractivity contribution in [2.45, 2.75) is 6.54 Å². The number of benzene rings is 3. The highest BCUT2D eigenvalue weighted by Gasteiger charge is 2.08. The normalized spacial score (nSPS) is 10.2. The molecule has 0 heterocycles. The van der Waals surface area contributed by atoms with Crippen molar-refractivity contribution in [3.05, 3.63) is 77.9 Å². The molecule has 3 rings (SSSR count). The van der Waals surface area contributed by atoms with Crippen molar-refractivity contribution in [2.75, 3.05) is 30.6 Å². The van der Waals surface area contributed by atoms with E-state index in [-0.39, 0.29) is 5.91 Å². The quantitative estimate of drug-likeness (QED) is 0.539. The van der Waals surface area contributed by atoms with E-state index >= 15 is 0 Å². The van der Waals surface area contributed by atoms with Crippen molar-refractivity contribution < 1.29 is 14.3 Å². The van der Waals surface area contributed by atoms with Gasteiger partial charge >= 0.3 is 0 Å². The van der Waals surface area contributed by atoms with Crippen LogP contribution in [0, 0.1) is 0 Å². The SMILES string of the molecule is COc1cc(NCc2ccc(C(=O)Nc3ccccc3N)cc2)cc(OC)c1. The van der Waals surface area contributed by atoms with Gasteiger partial charge in [-0.2, -0.15) is 0 Å². The number of hydrogen-bond donors (Lipinski definition) is 3. The van der Waals surface area contributed by atoms with Crippen LogP contribution in [0.4, 0.5) is 17.1 Å². The summed E-state index contributed by atoms with van der Waals surface area (Å²) in [5, 5.41) is 6.15. The number of nitrogens with two attached hydrogens (primary N) is 1. The lowest BCUT2D eigenvalue weighted by atomic mass is 10.1. The van der Waals surface area contributed by atoms with Gasteiger partial charge in [-0.1, -0.05) is 24.3 Å². The Labute approximate surface area is 164 Å². The van der Waals surface area contributed by atoms with Crippen LogP contribution >= 0.6 is 0 Å². The second-order valence-electron chi connectivity index (χ2n) is 6.19. The molecule has 0 aliphatic rings. The van der Waals surface area contributed by atoms with Crippen LogP contribution in [0.3, 0.4) is 0 Å². The number of anilines is 3. The van der Waals surface area contributed by atoms with Gasteiger partial charge in [-0.3, -0.25) is 4.79 Å². The molecule has 0 aliphatic carbocycles. The number of carbonyl (C=O) groups is 1. The van der Waals surface area contributed by atoms with E-state index in [0.717, 1.165) is 11.3 Å². The Morgan fingerprint density at radius 1 is 0.929 bits per heavy atom. The number of nitrogens with one attached hydrogen (secondary N) is 2. The standard InChI is InChI=1S/C22H23N3O3/c1-27-18-11-17(12-19(13-18)28-2)24-14-15-7-9-16(10-8-15)22(26)25-21-6-4-3-5-20(21)23/h3-13,24H,14,23H2,1-2H3,(H,25,26). The van der Waals surface area contributed by atoms with Crippen LogP contribution in [0.1, 0.15) is 15.9 Å². The van der Waals surface area contributed by atoms with E-state index < -0.39 is 0 Å². The molecule has 0 aliphatic heterocycles. The van der Waals surface area contributed by atoms with Crippen molar-refractivity contribution in [1.29, 1.82) is 0 Å². The minimum absolute atomic E-state index is 0.199. The molecular formula is C22H23N3O3. The zero-order chi connectivity index (χ0) is 19.9. The minimum Gasteiger partial charge on any atom is -0.497 e. The summed E-state index contributed by atoms with van der Waals surface area (Å²) in [6.45, 7) is 0.601. The molecule has 0 saturated carbocycles. The highest BCUT2D eigenvalue weighted by atomic mass is 16.5. The highest BCUT2D eigenvalue weighted by molar-refractivity contribution is 6.05. The summed E-state index contributed by atoms with van der Waals surface area (Å²) in [5.41, 5.74) is 9.49. The minimum atomic E-state index is -0.199. The number of ether oxygens (including phenoxy) is 2. The molecule has 1 amide bonds. The summed E-state index contributed by atoms with van der Waals surface area (Å²) in [5.74, 6) is 1.23. The largest absolute Gasteiger partial charge is 0.497 e. The van der Waals surface area contributed by atoms with E-state index in [0.29, 0.717) is 35.0 Å². The topological polar surface area (TPSA) is 85.6 Å². The molecule has 6 heteroatoms. The van der Waals surface area contributed by atoms with Gasteiger partial charge in [0.25, 0.3) is 5.91 Å². The van der Waals surface area contributed by atoms with Crippen LogP contribution in [0.5, 0.6) is 11.5 Å². The molecule has 144 valence electrons. The van der Waals surface area contributed by atoms with Gasteiger partial charge in [-0.15, -0.1) is 0 Å². The van der Waals surface area contributed by atoms with Crippen LogP contribution in [0.2, 0.25) is 0 Å². The summed E-state index contributed by atoms with van der Waals surface area (Å²) >= 11 is 0. The van der Waals surface area contributed by atoms with Gasteiger partial charge in [0.1, 0.15) is 11.5 Å². The molecule has 6 nitrogen and oxygen atoms in total. The zero-order valence-electron chi connectivity index (χ0n) is 15.9. The Morgan fingerprint density at radius 3 is 2.18 bits per heavy atom. The van der Waals surface area contributed by atoms with Crippen molar-refractivity contribution in [1.82, 2.24) is 0 Å². The maximum absolute atomic E-state index is 12.4. The van der Waals surface area contributed by atoms with Crippen molar-refractivity contribution in [3.8, 4) is 11.5 Å². The first-order chi connectivity index (χ1) is 13.6. The number of amides is 1. The zero-order valence-corrected chi connectivity index (χ0v) is 15.9. The molecule has 3 aromatic rings. The van der Waals surface area contributed by atoms with E-state index in [4.69, 9.17) is 15.2 Å². The summed E-state index contributed by atoms with van der Waals surface area (Å²) in [6, 6.07) is 20.2. The fourth-order valence-corrected chi connectivity index (χ4v) is 2.69. The molecule has 0 spiro atoms. The van der Waals surface area contributed by atoms with E-state index in [9.17, 15) is 4.79 Å². The third-order valence-corrected chi connectivity index (χ3v) is 4.27. The second-order valence-corrected chi connectivity index (χ2v) is 6.19. The predicted octanol–water partition coefficient (Wildman–Crippen LogP) is 4.15. The number of nitrogen functional groups attached to an aromatic ring is 1. The van der Waals surface area contributed by atoms with Crippen molar-refractivity contribution in [3.63, 3.8) is 0 Å². The molecule has 4 N–H and O–H groups in total. The Hall–Kier alpha value is -3.67. The molecule has 0 aromatic heterocycles. The Morgan fingerprint density at radius 2 is 1.57 bits per heavy atom. The molecular weight excluding hydrogens is 354 g/mol. The first-order valence-corrected chi connectivity index (χ1v) is 8.81. The van der Waals surface area contributed by atoms with Crippen LogP contribution in [-0.4, -0.2) is 20.1 Å². The number of para-hydroxylation sites is 2. The third kappa shape index (κ3) is 4.73. The summed E-state index contributed by atoms with van der Waals surface area (Å²) in [4.78, 5) is 12.4. The van der Waals surface area contributed by atoms with Crippen LogP contribution < -0.4 is 25.8 Å². The van der Waals surface area contributed by atoms with Crippen LogP contribution in [0.15, 0.2) is 66.7 Å². The molecule has 0 fully saturated rings. The fourth-order valence-electron chi connectivity index (χ4n) is 2.69. The van der Waals surface area contributed by atoms with Gasteiger partial charge in [0.2, 0.25) is 0 Å².